The summed E-state index contributed by atoms with van der Waals surface area (Å²) in [5.74, 6) is 0.0407. The van der Waals surface area contributed by atoms with Crippen molar-refractivity contribution in [3.05, 3.63) is 83.7 Å². The first kappa shape index (κ1) is 20.4. The van der Waals surface area contributed by atoms with E-state index in [4.69, 9.17) is 0 Å². The van der Waals surface area contributed by atoms with E-state index in [1.807, 2.05) is 52.9 Å². The van der Waals surface area contributed by atoms with Crippen molar-refractivity contribution in [1.82, 2.24) is 19.6 Å². The van der Waals surface area contributed by atoms with Crippen LogP contribution in [0.4, 0.5) is 0 Å². The van der Waals surface area contributed by atoms with Gasteiger partial charge in [-0.25, -0.2) is 4.68 Å². The smallest absolute Gasteiger partial charge is 0.274 e. The summed E-state index contributed by atoms with van der Waals surface area (Å²) < 4.78 is 1.85. The zero-order valence-corrected chi connectivity index (χ0v) is 17.7. The van der Waals surface area contributed by atoms with Crippen molar-refractivity contribution in [2.24, 2.45) is 0 Å². The molecule has 156 valence electrons. The van der Waals surface area contributed by atoms with Gasteiger partial charge in [0.1, 0.15) is 0 Å². The van der Waals surface area contributed by atoms with Gasteiger partial charge in [-0.05, 0) is 63.0 Å². The van der Waals surface area contributed by atoms with Gasteiger partial charge in [0, 0.05) is 25.3 Å². The molecule has 0 unspecified atom stereocenters. The van der Waals surface area contributed by atoms with Crippen molar-refractivity contribution < 1.29 is 4.79 Å². The molecule has 2 heterocycles. The fraction of sp³-hybridized carbons (Fsp3) is 0.360. The number of hydrogen-bond donors (Lipinski definition) is 0. The molecule has 0 spiro atoms. The number of aryl methyl sites for hydroxylation is 2. The van der Waals surface area contributed by atoms with Crippen LogP contribution in [0, 0.1) is 6.92 Å². The first-order valence-electron chi connectivity index (χ1n) is 10.9. The summed E-state index contributed by atoms with van der Waals surface area (Å²) >= 11 is 0. The number of aromatic nitrogens is 2. The SMILES string of the molecule is Cc1cc(C(=O)N2CCCN(CCCc3ccccc3)CC2)nn1-c1ccccc1. The predicted molar refractivity (Wildman–Crippen MR) is 120 cm³/mol. The topological polar surface area (TPSA) is 41.4 Å². The van der Waals surface area contributed by atoms with Crippen LogP contribution in [0.2, 0.25) is 0 Å². The maximum absolute atomic E-state index is 13.1. The lowest BCUT2D eigenvalue weighted by atomic mass is 10.1. The van der Waals surface area contributed by atoms with E-state index < -0.39 is 0 Å². The molecule has 1 amide bonds. The number of nitrogens with zero attached hydrogens (tertiary/aromatic N) is 4. The van der Waals surface area contributed by atoms with Gasteiger partial charge in [-0.2, -0.15) is 5.10 Å². The Morgan fingerprint density at radius 2 is 1.67 bits per heavy atom. The normalized spacial score (nSPS) is 15.2. The van der Waals surface area contributed by atoms with E-state index in [2.05, 4.69) is 40.3 Å². The Hall–Kier alpha value is -2.92. The number of benzene rings is 2. The monoisotopic (exact) mass is 402 g/mol. The summed E-state index contributed by atoms with van der Waals surface area (Å²) in [5.41, 5.74) is 3.89. The van der Waals surface area contributed by atoms with Crippen LogP contribution in [0.5, 0.6) is 0 Å². The number of amides is 1. The Labute approximate surface area is 178 Å². The summed E-state index contributed by atoms with van der Waals surface area (Å²) in [6.45, 7) is 6.62. The summed E-state index contributed by atoms with van der Waals surface area (Å²) in [6, 6.07) is 22.5. The van der Waals surface area contributed by atoms with Crippen LogP contribution in [-0.4, -0.2) is 58.2 Å². The molecular weight excluding hydrogens is 372 g/mol. The molecule has 3 aromatic rings. The van der Waals surface area contributed by atoms with E-state index in [0.717, 1.165) is 63.4 Å². The fourth-order valence-electron chi connectivity index (χ4n) is 4.12. The maximum Gasteiger partial charge on any atom is 0.274 e. The van der Waals surface area contributed by atoms with Gasteiger partial charge < -0.3 is 9.80 Å². The molecule has 5 heteroatoms. The van der Waals surface area contributed by atoms with Crippen molar-refractivity contribution in [3.63, 3.8) is 0 Å². The van der Waals surface area contributed by atoms with E-state index in [-0.39, 0.29) is 5.91 Å². The van der Waals surface area contributed by atoms with Crippen LogP contribution in [0.15, 0.2) is 66.7 Å². The molecule has 4 rings (SSSR count). The second-order valence-corrected chi connectivity index (χ2v) is 7.99. The molecule has 0 saturated carbocycles. The minimum atomic E-state index is 0.0407. The van der Waals surface area contributed by atoms with Gasteiger partial charge in [-0.15, -0.1) is 0 Å². The van der Waals surface area contributed by atoms with Crippen molar-refractivity contribution >= 4 is 5.91 Å². The number of carbonyl (C=O) groups excluding carboxylic acids is 1. The summed E-state index contributed by atoms with van der Waals surface area (Å²) in [6.07, 6.45) is 3.27. The Kier molecular flexibility index (Phi) is 6.60. The average molecular weight is 403 g/mol. The quantitative estimate of drug-likeness (QED) is 0.627. The highest BCUT2D eigenvalue weighted by atomic mass is 16.2. The third-order valence-electron chi connectivity index (χ3n) is 5.77. The highest BCUT2D eigenvalue weighted by Gasteiger charge is 2.23. The Balaban J connectivity index is 1.32. The summed E-state index contributed by atoms with van der Waals surface area (Å²) in [4.78, 5) is 17.5. The van der Waals surface area contributed by atoms with Crippen LogP contribution < -0.4 is 0 Å². The zero-order valence-electron chi connectivity index (χ0n) is 17.7. The minimum Gasteiger partial charge on any atom is -0.336 e. The van der Waals surface area contributed by atoms with Crippen LogP contribution in [0.1, 0.15) is 34.6 Å². The second-order valence-electron chi connectivity index (χ2n) is 7.99. The first-order valence-corrected chi connectivity index (χ1v) is 10.9. The standard InChI is InChI=1S/C25H30N4O/c1-21-20-24(26-29(21)23-13-6-3-7-14-23)25(30)28-17-9-16-27(18-19-28)15-8-12-22-10-4-2-5-11-22/h2-7,10-11,13-14,20H,8-9,12,15-19H2,1H3. The molecule has 1 aliphatic rings. The van der Waals surface area contributed by atoms with Gasteiger partial charge in [0.15, 0.2) is 5.69 Å². The molecule has 5 nitrogen and oxygen atoms in total. The number of carbonyl (C=O) groups is 1. The van der Waals surface area contributed by atoms with Crippen molar-refractivity contribution in [1.29, 1.82) is 0 Å². The highest BCUT2D eigenvalue weighted by molar-refractivity contribution is 5.92. The highest BCUT2D eigenvalue weighted by Crippen LogP contribution is 2.15. The number of para-hydroxylation sites is 1. The first-order chi connectivity index (χ1) is 14.7. The molecule has 1 saturated heterocycles. The van der Waals surface area contributed by atoms with E-state index in [9.17, 15) is 4.79 Å². The second kappa shape index (κ2) is 9.72. The lowest BCUT2D eigenvalue weighted by Crippen LogP contribution is -2.35. The lowest BCUT2D eigenvalue weighted by Gasteiger charge is -2.21. The van der Waals surface area contributed by atoms with Gasteiger partial charge in [0.2, 0.25) is 0 Å². The van der Waals surface area contributed by atoms with E-state index in [0.29, 0.717) is 5.69 Å². The third-order valence-corrected chi connectivity index (χ3v) is 5.77. The average Bonchev–Trinajstić information content (AvgIpc) is 3.02. The molecule has 0 atom stereocenters. The number of rotatable bonds is 6. The summed E-state index contributed by atoms with van der Waals surface area (Å²) in [5, 5.41) is 4.60. The zero-order chi connectivity index (χ0) is 20.8. The van der Waals surface area contributed by atoms with Gasteiger partial charge in [0.25, 0.3) is 5.91 Å². The van der Waals surface area contributed by atoms with Crippen molar-refractivity contribution in [3.8, 4) is 5.69 Å². The molecule has 1 aliphatic heterocycles. The minimum absolute atomic E-state index is 0.0407. The number of hydrogen-bond acceptors (Lipinski definition) is 3. The van der Waals surface area contributed by atoms with Crippen molar-refractivity contribution in [2.45, 2.75) is 26.2 Å². The molecule has 30 heavy (non-hydrogen) atoms. The molecular formula is C25H30N4O. The fourth-order valence-corrected chi connectivity index (χ4v) is 4.12. The molecule has 2 aromatic carbocycles. The Morgan fingerprint density at radius 3 is 2.43 bits per heavy atom. The molecule has 1 fully saturated rings. The molecule has 0 aliphatic carbocycles. The predicted octanol–water partition coefficient (Wildman–Crippen LogP) is 3.96. The van der Waals surface area contributed by atoms with E-state index in [1.54, 1.807) is 0 Å². The summed E-state index contributed by atoms with van der Waals surface area (Å²) in [7, 11) is 0. The Morgan fingerprint density at radius 1 is 0.933 bits per heavy atom. The maximum atomic E-state index is 13.1. The van der Waals surface area contributed by atoms with Crippen LogP contribution >= 0.6 is 0 Å². The van der Waals surface area contributed by atoms with Gasteiger partial charge in [-0.1, -0.05) is 48.5 Å². The van der Waals surface area contributed by atoms with Crippen LogP contribution in [-0.2, 0) is 6.42 Å². The van der Waals surface area contributed by atoms with Gasteiger partial charge in [-0.3, -0.25) is 4.79 Å². The molecule has 0 N–H and O–H groups in total. The van der Waals surface area contributed by atoms with Gasteiger partial charge in [0.05, 0.1) is 5.69 Å². The van der Waals surface area contributed by atoms with E-state index >= 15 is 0 Å². The largest absolute Gasteiger partial charge is 0.336 e. The van der Waals surface area contributed by atoms with Crippen LogP contribution in [0.3, 0.4) is 0 Å². The third kappa shape index (κ3) is 4.97. The van der Waals surface area contributed by atoms with Crippen molar-refractivity contribution in [2.75, 3.05) is 32.7 Å². The van der Waals surface area contributed by atoms with Gasteiger partial charge >= 0.3 is 0 Å². The lowest BCUT2D eigenvalue weighted by molar-refractivity contribution is 0.0755. The molecule has 0 radical (unpaired) electrons. The van der Waals surface area contributed by atoms with Crippen LogP contribution in [0.25, 0.3) is 5.69 Å². The Bertz CT molecular complexity index is 952. The molecule has 1 aromatic heterocycles. The van der Waals surface area contributed by atoms with E-state index in [1.165, 1.54) is 5.56 Å². The molecule has 0 bridgehead atoms.